The number of nitrogens with zero attached hydrogens (tertiary/aromatic N) is 1. The number of aryl methyl sites for hydroxylation is 2. The summed E-state index contributed by atoms with van der Waals surface area (Å²) in [6.45, 7) is 5.76. The molecule has 0 saturated heterocycles. The van der Waals surface area contributed by atoms with Crippen LogP contribution in [0.5, 0.6) is 0 Å². The van der Waals surface area contributed by atoms with Crippen molar-refractivity contribution in [1.82, 2.24) is 10.3 Å². The molecule has 1 aromatic carbocycles. The number of pyridine rings is 1. The van der Waals surface area contributed by atoms with Gasteiger partial charge in [-0.05, 0) is 67.8 Å². The molecule has 1 aliphatic heterocycles. The number of fused-ring (bicyclic) bond motifs is 1. The zero-order valence-electron chi connectivity index (χ0n) is 12.4. The zero-order valence-corrected chi connectivity index (χ0v) is 12.4. The first-order chi connectivity index (χ1) is 10.1. The Hall–Kier alpha value is -2.20. The molecule has 4 heteroatoms. The highest BCUT2D eigenvalue weighted by Crippen LogP contribution is 2.17. The summed E-state index contributed by atoms with van der Waals surface area (Å²) >= 11 is 0. The minimum Gasteiger partial charge on any atom is -0.312 e. The predicted octanol–water partition coefficient (Wildman–Crippen LogP) is 2.60. The van der Waals surface area contributed by atoms with Gasteiger partial charge < -0.3 is 10.6 Å². The lowest BCUT2D eigenvalue weighted by molar-refractivity contribution is 0.102. The maximum absolute atomic E-state index is 12.4. The van der Waals surface area contributed by atoms with E-state index in [4.69, 9.17) is 0 Å². The van der Waals surface area contributed by atoms with Crippen molar-refractivity contribution in [2.45, 2.75) is 26.8 Å². The Morgan fingerprint density at radius 1 is 1.19 bits per heavy atom. The van der Waals surface area contributed by atoms with E-state index in [2.05, 4.69) is 21.7 Å². The van der Waals surface area contributed by atoms with Crippen LogP contribution in [0.3, 0.4) is 0 Å². The van der Waals surface area contributed by atoms with Crippen LogP contribution in [0.4, 0.5) is 5.82 Å². The van der Waals surface area contributed by atoms with Crippen LogP contribution in [0.2, 0.25) is 0 Å². The van der Waals surface area contributed by atoms with E-state index < -0.39 is 0 Å². The fraction of sp³-hybridized carbons (Fsp3) is 0.294. The number of carbonyl (C=O) groups excluding carboxylic acids is 1. The first-order valence-electron chi connectivity index (χ1n) is 7.21. The molecule has 0 aliphatic carbocycles. The fourth-order valence-corrected chi connectivity index (χ4v) is 2.72. The molecule has 1 amide bonds. The third-order valence-electron chi connectivity index (χ3n) is 3.69. The Morgan fingerprint density at radius 2 is 2.05 bits per heavy atom. The summed E-state index contributed by atoms with van der Waals surface area (Å²) in [5.41, 5.74) is 5.21. The van der Waals surface area contributed by atoms with Crippen molar-refractivity contribution < 1.29 is 4.79 Å². The van der Waals surface area contributed by atoms with Crippen LogP contribution in [-0.2, 0) is 13.0 Å². The highest BCUT2D eigenvalue weighted by molar-refractivity contribution is 6.04. The number of hydrogen-bond acceptors (Lipinski definition) is 3. The van der Waals surface area contributed by atoms with Crippen LogP contribution in [-0.4, -0.2) is 17.4 Å². The lowest BCUT2D eigenvalue weighted by atomic mass is 9.98. The lowest BCUT2D eigenvalue weighted by Crippen LogP contribution is -2.24. The largest absolute Gasteiger partial charge is 0.312 e. The van der Waals surface area contributed by atoms with E-state index in [9.17, 15) is 4.79 Å². The summed E-state index contributed by atoms with van der Waals surface area (Å²) in [6, 6.07) is 9.78. The zero-order chi connectivity index (χ0) is 14.8. The quantitative estimate of drug-likeness (QED) is 0.889. The second-order valence-electron chi connectivity index (χ2n) is 5.54. The molecule has 21 heavy (non-hydrogen) atoms. The molecule has 1 aliphatic rings. The second kappa shape index (κ2) is 5.66. The van der Waals surface area contributed by atoms with Gasteiger partial charge in [0.2, 0.25) is 0 Å². The second-order valence-corrected chi connectivity index (χ2v) is 5.54. The summed E-state index contributed by atoms with van der Waals surface area (Å²) in [7, 11) is 0. The molecule has 3 rings (SSSR count). The summed E-state index contributed by atoms with van der Waals surface area (Å²) < 4.78 is 0. The van der Waals surface area contributed by atoms with E-state index >= 15 is 0 Å². The van der Waals surface area contributed by atoms with Gasteiger partial charge in [-0.2, -0.15) is 0 Å². The number of hydrogen-bond donors (Lipinski definition) is 2. The minimum absolute atomic E-state index is 0.110. The van der Waals surface area contributed by atoms with Crippen LogP contribution in [0.25, 0.3) is 0 Å². The number of nitrogens with one attached hydrogen (secondary N) is 2. The van der Waals surface area contributed by atoms with E-state index in [0.29, 0.717) is 11.4 Å². The van der Waals surface area contributed by atoms with E-state index in [1.54, 1.807) is 0 Å². The Kier molecular flexibility index (Phi) is 3.71. The van der Waals surface area contributed by atoms with Gasteiger partial charge in [-0.1, -0.05) is 6.07 Å². The molecule has 2 aromatic rings. The molecule has 0 atom stereocenters. The molecule has 0 unspecified atom stereocenters. The molecule has 1 aromatic heterocycles. The molecule has 4 nitrogen and oxygen atoms in total. The van der Waals surface area contributed by atoms with Crippen molar-refractivity contribution >= 4 is 11.7 Å². The number of amides is 1. The topological polar surface area (TPSA) is 54.0 Å². The number of benzene rings is 1. The smallest absolute Gasteiger partial charge is 0.256 e. The van der Waals surface area contributed by atoms with Crippen molar-refractivity contribution in [2.75, 3.05) is 11.9 Å². The number of rotatable bonds is 2. The van der Waals surface area contributed by atoms with Gasteiger partial charge >= 0.3 is 0 Å². The number of aromatic nitrogens is 1. The Morgan fingerprint density at radius 3 is 2.86 bits per heavy atom. The van der Waals surface area contributed by atoms with Crippen LogP contribution in [0, 0.1) is 13.8 Å². The highest BCUT2D eigenvalue weighted by atomic mass is 16.1. The molecule has 0 fully saturated rings. The van der Waals surface area contributed by atoms with Gasteiger partial charge in [-0.15, -0.1) is 0 Å². The number of carbonyl (C=O) groups is 1. The van der Waals surface area contributed by atoms with Gasteiger partial charge in [-0.3, -0.25) is 4.79 Å². The van der Waals surface area contributed by atoms with E-state index in [1.165, 1.54) is 11.1 Å². The highest BCUT2D eigenvalue weighted by Gasteiger charge is 2.13. The Balaban J connectivity index is 1.82. The minimum atomic E-state index is -0.110. The molecular formula is C17H19N3O. The van der Waals surface area contributed by atoms with Crippen molar-refractivity contribution in [1.29, 1.82) is 0 Å². The van der Waals surface area contributed by atoms with Gasteiger partial charge in [0.05, 0.1) is 0 Å². The standard InChI is InChI=1S/C17H19N3O/c1-11-7-12(2)19-16(8-11)20-17(21)14-4-3-13-5-6-18-10-15(13)9-14/h3-4,7-9,18H,5-6,10H2,1-2H3,(H,19,20,21). The summed E-state index contributed by atoms with van der Waals surface area (Å²) in [5.74, 6) is 0.495. The Bertz CT molecular complexity index is 674. The molecule has 0 saturated carbocycles. The lowest BCUT2D eigenvalue weighted by Gasteiger charge is -2.17. The van der Waals surface area contributed by atoms with Gasteiger partial charge in [-0.25, -0.2) is 4.98 Å². The van der Waals surface area contributed by atoms with E-state index in [1.807, 2.05) is 38.1 Å². The van der Waals surface area contributed by atoms with Gasteiger partial charge in [0.25, 0.3) is 5.91 Å². The van der Waals surface area contributed by atoms with Crippen molar-refractivity contribution in [3.63, 3.8) is 0 Å². The average molecular weight is 281 g/mol. The molecule has 108 valence electrons. The van der Waals surface area contributed by atoms with Crippen LogP contribution >= 0.6 is 0 Å². The molecule has 0 spiro atoms. The van der Waals surface area contributed by atoms with Gasteiger partial charge in [0.1, 0.15) is 5.82 Å². The summed E-state index contributed by atoms with van der Waals surface area (Å²) in [6.07, 6.45) is 1.02. The van der Waals surface area contributed by atoms with Crippen molar-refractivity contribution in [2.24, 2.45) is 0 Å². The first-order valence-corrected chi connectivity index (χ1v) is 7.21. The first kappa shape index (κ1) is 13.8. The van der Waals surface area contributed by atoms with Crippen LogP contribution < -0.4 is 10.6 Å². The fourth-order valence-electron chi connectivity index (χ4n) is 2.72. The van der Waals surface area contributed by atoms with E-state index in [0.717, 1.165) is 30.8 Å². The maximum atomic E-state index is 12.4. The van der Waals surface area contributed by atoms with Crippen LogP contribution in [0.1, 0.15) is 32.7 Å². The van der Waals surface area contributed by atoms with Crippen molar-refractivity contribution in [3.8, 4) is 0 Å². The predicted molar refractivity (Wildman–Crippen MR) is 83.5 cm³/mol. The summed E-state index contributed by atoms with van der Waals surface area (Å²) in [4.78, 5) is 16.7. The average Bonchev–Trinajstić information content (AvgIpc) is 2.45. The monoisotopic (exact) mass is 281 g/mol. The molecule has 2 N–H and O–H groups in total. The van der Waals surface area contributed by atoms with E-state index in [-0.39, 0.29) is 5.91 Å². The van der Waals surface area contributed by atoms with Crippen molar-refractivity contribution in [3.05, 3.63) is 58.3 Å². The third kappa shape index (κ3) is 3.11. The molecule has 2 heterocycles. The summed E-state index contributed by atoms with van der Waals surface area (Å²) in [5, 5.41) is 6.20. The normalized spacial score (nSPS) is 13.6. The van der Waals surface area contributed by atoms with Gasteiger partial charge in [0, 0.05) is 17.8 Å². The molecule has 0 bridgehead atoms. The van der Waals surface area contributed by atoms with Gasteiger partial charge in [0.15, 0.2) is 0 Å². The van der Waals surface area contributed by atoms with Crippen LogP contribution in [0.15, 0.2) is 30.3 Å². The maximum Gasteiger partial charge on any atom is 0.256 e. The number of anilines is 1. The molecular weight excluding hydrogens is 262 g/mol. The SMILES string of the molecule is Cc1cc(C)nc(NC(=O)c2ccc3c(c2)CNCC3)c1. The Labute approximate surface area is 124 Å². The molecule has 0 radical (unpaired) electrons. The third-order valence-corrected chi connectivity index (χ3v) is 3.69.